The molecule has 6 heteroatoms. The summed E-state index contributed by atoms with van der Waals surface area (Å²) in [5, 5.41) is 0.667. The maximum absolute atomic E-state index is 5.99. The zero-order valence-electron chi connectivity index (χ0n) is 12.1. The van der Waals surface area contributed by atoms with Gasteiger partial charge in [0.1, 0.15) is 11.3 Å². The number of halogens is 1. The molecular weight excluding hydrogens is 300 g/mol. The van der Waals surface area contributed by atoms with Crippen molar-refractivity contribution >= 4 is 34.5 Å². The van der Waals surface area contributed by atoms with Crippen LogP contribution in [0.1, 0.15) is 0 Å². The summed E-state index contributed by atoms with van der Waals surface area (Å²) in [6.07, 6.45) is 1.82. The molecule has 0 amide bonds. The number of likely N-dealkylation sites (N-methyl/N-ethyl adjacent to an activating group) is 1. The summed E-state index contributed by atoms with van der Waals surface area (Å²) in [4.78, 5) is 13.2. The van der Waals surface area contributed by atoms with Gasteiger partial charge in [-0.2, -0.15) is 4.98 Å². The van der Waals surface area contributed by atoms with Crippen molar-refractivity contribution in [2.45, 2.75) is 6.04 Å². The van der Waals surface area contributed by atoms with Crippen molar-refractivity contribution in [3.63, 3.8) is 0 Å². The average molecular weight is 315 g/mol. The van der Waals surface area contributed by atoms with Gasteiger partial charge in [0.2, 0.25) is 0 Å². The molecule has 4 rings (SSSR count). The van der Waals surface area contributed by atoms with Gasteiger partial charge < -0.3 is 14.2 Å². The molecule has 112 valence electrons. The molecule has 22 heavy (non-hydrogen) atoms. The van der Waals surface area contributed by atoms with Crippen molar-refractivity contribution in [3.05, 3.63) is 47.6 Å². The predicted molar refractivity (Wildman–Crippen MR) is 87.7 cm³/mol. The average Bonchev–Trinajstić information content (AvgIpc) is 2.89. The molecule has 2 aromatic heterocycles. The van der Waals surface area contributed by atoms with E-state index < -0.39 is 0 Å². The molecule has 1 aromatic carbocycles. The van der Waals surface area contributed by atoms with Gasteiger partial charge in [-0.25, -0.2) is 4.98 Å². The van der Waals surface area contributed by atoms with Gasteiger partial charge in [-0.15, -0.1) is 0 Å². The normalized spacial score (nSPS) is 15.1. The van der Waals surface area contributed by atoms with Crippen LogP contribution in [-0.4, -0.2) is 36.1 Å². The van der Waals surface area contributed by atoms with Gasteiger partial charge in [0.25, 0.3) is 6.01 Å². The van der Waals surface area contributed by atoms with Crippen LogP contribution in [-0.2, 0) is 0 Å². The van der Waals surface area contributed by atoms with Crippen molar-refractivity contribution < 1.29 is 4.42 Å². The van der Waals surface area contributed by atoms with Crippen LogP contribution in [0.2, 0.25) is 5.02 Å². The third-order valence-electron chi connectivity index (χ3n) is 4.02. The van der Waals surface area contributed by atoms with Gasteiger partial charge in [-0.05, 0) is 30.3 Å². The fourth-order valence-corrected chi connectivity index (χ4v) is 2.79. The van der Waals surface area contributed by atoms with Crippen molar-refractivity contribution in [1.29, 1.82) is 0 Å². The van der Waals surface area contributed by atoms with E-state index in [-0.39, 0.29) is 0 Å². The maximum Gasteiger partial charge on any atom is 0.298 e. The first-order valence-electron chi connectivity index (χ1n) is 7.15. The van der Waals surface area contributed by atoms with Crippen LogP contribution in [0.15, 0.2) is 47.0 Å². The topological polar surface area (TPSA) is 45.4 Å². The molecular formula is C16H15ClN4O. The fraction of sp³-hybridized carbons (Fsp3) is 0.250. The molecule has 0 unspecified atom stereocenters. The second-order valence-electron chi connectivity index (χ2n) is 5.47. The molecule has 0 spiro atoms. The van der Waals surface area contributed by atoms with Crippen LogP contribution >= 0.6 is 11.6 Å². The first-order chi connectivity index (χ1) is 10.7. The predicted octanol–water partition coefficient (Wildman–Crippen LogP) is 3.20. The zero-order chi connectivity index (χ0) is 15.1. The number of pyridine rings is 1. The van der Waals surface area contributed by atoms with Crippen molar-refractivity contribution in [1.82, 2.24) is 9.97 Å². The van der Waals surface area contributed by atoms with E-state index in [0.29, 0.717) is 17.1 Å². The number of benzene rings is 1. The first kappa shape index (κ1) is 13.4. The Morgan fingerprint density at radius 2 is 2.14 bits per heavy atom. The van der Waals surface area contributed by atoms with Crippen molar-refractivity contribution in [2.24, 2.45) is 0 Å². The minimum absolute atomic E-state index is 0.366. The Hall–Kier alpha value is -2.27. The zero-order valence-corrected chi connectivity index (χ0v) is 12.9. The Bertz CT molecular complexity index is 798. The molecule has 3 heterocycles. The molecule has 0 bridgehead atoms. The van der Waals surface area contributed by atoms with E-state index in [2.05, 4.69) is 19.8 Å². The van der Waals surface area contributed by atoms with Gasteiger partial charge in [0.15, 0.2) is 5.58 Å². The number of oxazole rings is 1. The van der Waals surface area contributed by atoms with Crippen LogP contribution in [0.25, 0.3) is 11.1 Å². The molecule has 1 aliphatic rings. The number of nitrogens with zero attached hydrogens (tertiary/aromatic N) is 4. The molecule has 0 radical (unpaired) electrons. The second kappa shape index (κ2) is 5.18. The monoisotopic (exact) mass is 314 g/mol. The van der Waals surface area contributed by atoms with Crippen LogP contribution in [0, 0.1) is 0 Å². The third-order valence-corrected chi connectivity index (χ3v) is 4.26. The molecule has 0 N–H and O–H groups in total. The molecule has 1 saturated heterocycles. The van der Waals surface area contributed by atoms with Crippen LogP contribution in [0.4, 0.5) is 11.8 Å². The van der Waals surface area contributed by atoms with Gasteiger partial charge in [0, 0.05) is 31.4 Å². The highest BCUT2D eigenvalue weighted by Gasteiger charge is 2.32. The molecule has 0 atom stereocenters. The number of aromatic nitrogens is 2. The lowest BCUT2D eigenvalue weighted by Crippen LogP contribution is -2.59. The summed E-state index contributed by atoms with van der Waals surface area (Å²) in [5.41, 5.74) is 1.54. The minimum Gasteiger partial charge on any atom is -0.423 e. The highest BCUT2D eigenvalue weighted by atomic mass is 35.5. The fourth-order valence-electron chi connectivity index (χ4n) is 2.62. The van der Waals surface area contributed by atoms with Gasteiger partial charge in [-0.3, -0.25) is 0 Å². The first-order valence-corrected chi connectivity index (χ1v) is 7.53. The lowest BCUT2D eigenvalue weighted by Gasteiger charge is -2.44. The number of hydrogen-bond donors (Lipinski definition) is 0. The minimum atomic E-state index is 0.366. The standard InChI is InChI=1S/C16H15ClN4O/c1-20(12-9-21(10-12)15-4-2-3-7-18-15)16-19-13-8-11(17)5-6-14(13)22-16/h2-8,12H,9-10H2,1H3. The summed E-state index contributed by atoms with van der Waals surface area (Å²) in [7, 11) is 2.01. The Balaban J connectivity index is 1.49. The largest absolute Gasteiger partial charge is 0.423 e. The lowest BCUT2D eigenvalue weighted by molar-refractivity contribution is 0.457. The summed E-state index contributed by atoms with van der Waals surface area (Å²) in [6, 6.07) is 12.4. The molecule has 1 fully saturated rings. The molecule has 5 nitrogen and oxygen atoms in total. The van der Waals surface area contributed by atoms with Gasteiger partial charge >= 0.3 is 0 Å². The van der Waals surface area contributed by atoms with Crippen molar-refractivity contribution in [3.8, 4) is 0 Å². The van der Waals surface area contributed by atoms with Gasteiger partial charge in [-0.1, -0.05) is 17.7 Å². The van der Waals surface area contributed by atoms with E-state index in [0.717, 1.165) is 30.0 Å². The molecule has 0 saturated carbocycles. The highest BCUT2D eigenvalue weighted by molar-refractivity contribution is 6.31. The quantitative estimate of drug-likeness (QED) is 0.743. The summed E-state index contributed by atoms with van der Waals surface area (Å²) < 4.78 is 5.80. The van der Waals surface area contributed by atoms with Crippen LogP contribution in [0.3, 0.4) is 0 Å². The Labute approximate surface area is 133 Å². The van der Waals surface area contributed by atoms with E-state index in [9.17, 15) is 0 Å². The summed E-state index contributed by atoms with van der Waals surface area (Å²) in [6.45, 7) is 1.82. The summed E-state index contributed by atoms with van der Waals surface area (Å²) >= 11 is 5.99. The number of fused-ring (bicyclic) bond motifs is 1. The maximum atomic E-state index is 5.99. The molecule has 1 aliphatic heterocycles. The van der Waals surface area contributed by atoms with E-state index in [1.807, 2.05) is 49.6 Å². The van der Waals surface area contributed by atoms with E-state index >= 15 is 0 Å². The van der Waals surface area contributed by atoms with E-state index in [4.69, 9.17) is 16.0 Å². The van der Waals surface area contributed by atoms with Gasteiger partial charge in [0.05, 0.1) is 6.04 Å². The summed E-state index contributed by atoms with van der Waals surface area (Å²) in [5.74, 6) is 1.01. The third kappa shape index (κ3) is 2.27. The Kier molecular flexibility index (Phi) is 3.15. The number of rotatable bonds is 3. The van der Waals surface area contributed by atoms with E-state index in [1.54, 1.807) is 0 Å². The Morgan fingerprint density at radius 1 is 1.27 bits per heavy atom. The van der Waals surface area contributed by atoms with Crippen LogP contribution in [0.5, 0.6) is 0 Å². The lowest BCUT2D eigenvalue weighted by atomic mass is 10.1. The highest BCUT2D eigenvalue weighted by Crippen LogP contribution is 2.28. The SMILES string of the molecule is CN(c1nc2cc(Cl)ccc2o1)C1CN(c2ccccn2)C1. The number of hydrogen-bond acceptors (Lipinski definition) is 5. The molecule has 3 aromatic rings. The molecule has 0 aliphatic carbocycles. The van der Waals surface area contributed by atoms with Crippen LogP contribution < -0.4 is 9.80 Å². The van der Waals surface area contributed by atoms with E-state index in [1.165, 1.54) is 0 Å². The smallest absolute Gasteiger partial charge is 0.298 e. The Morgan fingerprint density at radius 3 is 2.91 bits per heavy atom. The number of anilines is 2. The van der Waals surface area contributed by atoms with Crippen molar-refractivity contribution in [2.75, 3.05) is 29.9 Å². The second-order valence-corrected chi connectivity index (χ2v) is 5.90.